The standard InChI is InChI=1S/C45H53N9O4/c1-50-39-25-33(8-9-37(39)54(44(50)58)38-10-11-40(55)49-43(38)57)52-18-13-29(14-19-52)27-51-20-22-53(23-21-51)32-6-4-30(5-7-32)35-24-31(12-17-46-35)36-26-34-41(48-36)45(15-2-3-16-45)28-47-42(34)56/h4-9,12,17,24-26,29,38,43,48,57H,2-3,10-11,13-16,18-23,27-28H2,1H3,(H,47,56)(H,49,55). The van der Waals surface area contributed by atoms with Crippen LogP contribution in [0.25, 0.3) is 33.5 Å². The number of aromatic nitrogens is 4. The number of benzene rings is 2. The maximum Gasteiger partial charge on any atom is 0.329 e. The van der Waals surface area contributed by atoms with Gasteiger partial charge < -0.3 is 30.5 Å². The lowest BCUT2D eigenvalue weighted by molar-refractivity contribution is -0.128. The maximum absolute atomic E-state index is 13.3. The van der Waals surface area contributed by atoms with E-state index in [2.05, 4.69) is 72.8 Å². The molecule has 1 saturated carbocycles. The monoisotopic (exact) mass is 783 g/mol. The van der Waals surface area contributed by atoms with Gasteiger partial charge in [-0.2, -0.15) is 0 Å². The van der Waals surface area contributed by atoms with Gasteiger partial charge in [0.05, 0.1) is 28.3 Å². The van der Waals surface area contributed by atoms with Gasteiger partial charge in [0.1, 0.15) is 6.23 Å². The summed E-state index contributed by atoms with van der Waals surface area (Å²) >= 11 is 0. The molecule has 302 valence electrons. The summed E-state index contributed by atoms with van der Waals surface area (Å²) in [6, 6.07) is 20.7. The zero-order valence-corrected chi connectivity index (χ0v) is 33.3. The Morgan fingerprint density at radius 2 is 1.55 bits per heavy atom. The summed E-state index contributed by atoms with van der Waals surface area (Å²) in [6.07, 6.45) is 8.41. The fraction of sp³-hybridized carbons (Fsp3) is 0.467. The summed E-state index contributed by atoms with van der Waals surface area (Å²) in [5.41, 5.74) is 9.77. The number of aromatic amines is 1. The summed E-state index contributed by atoms with van der Waals surface area (Å²) in [5.74, 6) is 0.486. The molecule has 2 amide bonds. The first-order valence-corrected chi connectivity index (χ1v) is 21.2. The van der Waals surface area contributed by atoms with Crippen molar-refractivity contribution in [3.8, 4) is 22.5 Å². The molecule has 2 atom stereocenters. The van der Waals surface area contributed by atoms with Crippen LogP contribution in [0.2, 0.25) is 0 Å². The molecule has 5 aromatic rings. The van der Waals surface area contributed by atoms with Gasteiger partial charge in [0.15, 0.2) is 0 Å². The lowest BCUT2D eigenvalue weighted by atomic mass is 9.78. The second-order valence-electron chi connectivity index (χ2n) is 17.3. The minimum Gasteiger partial charge on any atom is -0.372 e. The van der Waals surface area contributed by atoms with Crippen LogP contribution >= 0.6 is 0 Å². The molecular formula is C45H53N9O4. The molecule has 0 bridgehead atoms. The molecular weight excluding hydrogens is 731 g/mol. The first-order chi connectivity index (χ1) is 28.2. The number of pyridine rings is 1. The number of hydrogen-bond donors (Lipinski definition) is 4. The highest BCUT2D eigenvalue weighted by Crippen LogP contribution is 2.44. The van der Waals surface area contributed by atoms with Crippen LogP contribution < -0.4 is 26.1 Å². The number of aryl methyl sites for hydroxylation is 1. The molecule has 10 rings (SSSR count). The predicted molar refractivity (Wildman–Crippen MR) is 225 cm³/mol. The van der Waals surface area contributed by atoms with Gasteiger partial charge in [-0.15, -0.1) is 0 Å². The highest BCUT2D eigenvalue weighted by molar-refractivity contribution is 5.98. The third kappa shape index (κ3) is 6.57. The number of hydrogen-bond acceptors (Lipinski definition) is 8. The number of piperazine rings is 1. The molecule has 2 aromatic carbocycles. The van der Waals surface area contributed by atoms with E-state index < -0.39 is 12.3 Å². The molecule has 7 heterocycles. The molecule has 3 aromatic heterocycles. The molecule has 4 N–H and O–H groups in total. The third-order valence-electron chi connectivity index (χ3n) is 14.0. The molecule has 5 aliphatic rings. The van der Waals surface area contributed by atoms with Crippen LogP contribution in [0.4, 0.5) is 11.4 Å². The number of amides is 2. The first-order valence-electron chi connectivity index (χ1n) is 21.2. The van der Waals surface area contributed by atoms with Gasteiger partial charge in [0.25, 0.3) is 5.91 Å². The largest absolute Gasteiger partial charge is 0.372 e. The number of H-pyrrole nitrogens is 1. The molecule has 1 aliphatic carbocycles. The Bertz CT molecular complexity index is 2410. The average Bonchev–Trinajstić information content (AvgIpc) is 3.98. The van der Waals surface area contributed by atoms with E-state index in [-0.39, 0.29) is 29.3 Å². The normalized spacial score (nSPS) is 22.7. The molecule has 2 unspecified atom stereocenters. The lowest BCUT2D eigenvalue weighted by Gasteiger charge is -2.40. The van der Waals surface area contributed by atoms with Crippen molar-refractivity contribution in [2.75, 3.05) is 62.2 Å². The summed E-state index contributed by atoms with van der Waals surface area (Å²) in [4.78, 5) is 53.8. The van der Waals surface area contributed by atoms with Crippen molar-refractivity contribution in [1.82, 2.24) is 34.6 Å². The number of fused-ring (bicyclic) bond motifs is 3. The first kappa shape index (κ1) is 36.9. The molecule has 0 radical (unpaired) electrons. The molecule has 1 spiro atoms. The molecule has 13 nitrogen and oxygen atoms in total. The van der Waals surface area contributed by atoms with E-state index in [1.54, 1.807) is 16.2 Å². The Kier molecular flexibility index (Phi) is 9.39. The lowest BCUT2D eigenvalue weighted by Crippen LogP contribution is -2.49. The zero-order valence-electron chi connectivity index (χ0n) is 33.3. The Morgan fingerprint density at radius 1 is 0.810 bits per heavy atom. The number of carbonyl (C=O) groups excluding carboxylic acids is 2. The van der Waals surface area contributed by atoms with Crippen LogP contribution in [-0.2, 0) is 17.3 Å². The van der Waals surface area contributed by atoms with Crippen LogP contribution in [0, 0.1) is 5.92 Å². The highest BCUT2D eigenvalue weighted by Gasteiger charge is 2.43. The second kappa shape index (κ2) is 14.8. The van der Waals surface area contributed by atoms with Crippen molar-refractivity contribution in [3.05, 3.63) is 88.6 Å². The van der Waals surface area contributed by atoms with E-state index in [1.807, 2.05) is 24.4 Å². The van der Waals surface area contributed by atoms with Crippen LogP contribution in [0.1, 0.15) is 73.5 Å². The maximum atomic E-state index is 13.3. The average molecular weight is 784 g/mol. The minimum atomic E-state index is -1.08. The van der Waals surface area contributed by atoms with E-state index in [4.69, 9.17) is 4.98 Å². The highest BCUT2D eigenvalue weighted by atomic mass is 16.3. The third-order valence-corrected chi connectivity index (χ3v) is 14.0. The van der Waals surface area contributed by atoms with Gasteiger partial charge in [-0.3, -0.25) is 28.6 Å². The molecule has 4 aliphatic heterocycles. The molecule has 3 saturated heterocycles. The van der Waals surface area contributed by atoms with Crippen LogP contribution in [0.15, 0.2) is 71.7 Å². The quantitative estimate of drug-likeness (QED) is 0.185. The van der Waals surface area contributed by atoms with Gasteiger partial charge in [0.2, 0.25) is 5.91 Å². The van der Waals surface area contributed by atoms with Crippen molar-refractivity contribution >= 4 is 34.2 Å². The van der Waals surface area contributed by atoms with Gasteiger partial charge in [-0.1, -0.05) is 25.0 Å². The molecule has 13 heteroatoms. The van der Waals surface area contributed by atoms with Crippen LogP contribution in [0.5, 0.6) is 0 Å². The topological polar surface area (TPSA) is 144 Å². The van der Waals surface area contributed by atoms with E-state index in [0.29, 0.717) is 12.3 Å². The number of nitrogens with zero attached hydrogens (tertiary/aromatic N) is 6. The number of carbonyl (C=O) groups is 2. The van der Waals surface area contributed by atoms with Crippen molar-refractivity contribution < 1.29 is 14.7 Å². The number of rotatable bonds is 7. The SMILES string of the molecule is Cn1c(=O)n(C2CCC(=O)NC2O)c2ccc(N3CCC(CN4CCN(c5ccc(-c6cc(-c7cc8c([nH]7)C7(CCCC7)CNC8=O)ccn6)cc5)CC4)CC3)cc21. The zero-order chi connectivity index (χ0) is 39.5. The number of nitrogens with one attached hydrogen (secondary N) is 3. The van der Waals surface area contributed by atoms with Crippen LogP contribution in [-0.4, -0.2) is 99.5 Å². The summed E-state index contributed by atoms with van der Waals surface area (Å²) in [6.45, 7) is 7.90. The van der Waals surface area contributed by atoms with E-state index in [0.717, 1.165) is 129 Å². The van der Waals surface area contributed by atoms with Crippen molar-refractivity contribution in [2.45, 2.75) is 69.1 Å². The molecule has 4 fully saturated rings. The van der Waals surface area contributed by atoms with Crippen molar-refractivity contribution in [2.24, 2.45) is 13.0 Å². The second-order valence-corrected chi connectivity index (χ2v) is 17.3. The van der Waals surface area contributed by atoms with Gasteiger partial charge >= 0.3 is 5.69 Å². The summed E-state index contributed by atoms with van der Waals surface area (Å²) in [5, 5.41) is 16.3. The number of piperidine rings is 2. The number of aliphatic hydroxyl groups excluding tert-OH is 1. The fourth-order valence-electron chi connectivity index (χ4n) is 10.6. The van der Waals surface area contributed by atoms with Gasteiger partial charge in [-0.05, 0) is 86.6 Å². The van der Waals surface area contributed by atoms with Crippen molar-refractivity contribution in [1.29, 1.82) is 0 Å². The molecule has 58 heavy (non-hydrogen) atoms. The fourth-order valence-corrected chi connectivity index (χ4v) is 10.6. The number of aliphatic hydroxyl groups is 1. The summed E-state index contributed by atoms with van der Waals surface area (Å²) < 4.78 is 3.30. The van der Waals surface area contributed by atoms with Gasteiger partial charge in [-0.25, -0.2) is 4.79 Å². The Labute approximate surface area is 338 Å². The Morgan fingerprint density at radius 3 is 2.31 bits per heavy atom. The number of imidazole rings is 1. The van der Waals surface area contributed by atoms with Crippen LogP contribution in [0.3, 0.4) is 0 Å². The predicted octanol–water partition coefficient (Wildman–Crippen LogP) is 4.76. The van der Waals surface area contributed by atoms with Gasteiger partial charge in [0, 0.05) is 111 Å². The Balaban J connectivity index is 0.731. The van der Waals surface area contributed by atoms with E-state index in [1.165, 1.54) is 18.5 Å². The minimum absolute atomic E-state index is 0.0221. The Hall–Kier alpha value is -5.40. The summed E-state index contributed by atoms with van der Waals surface area (Å²) in [7, 11) is 1.78. The van der Waals surface area contributed by atoms with Crippen molar-refractivity contribution in [3.63, 3.8) is 0 Å². The smallest absolute Gasteiger partial charge is 0.329 e. The number of anilines is 2. The van der Waals surface area contributed by atoms with E-state index >= 15 is 0 Å². The van der Waals surface area contributed by atoms with E-state index in [9.17, 15) is 19.5 Å².